The summed E-state index contributed by atoms with van der Waals surface area (Å²) in [6, 6.07) is 13.3. The number of nitro groups is 1. The fraction of sp³-hybridized carbons (Fsp3) is 0.320. The fourth-order valence-corrected chi connectivity index (χ4v) is 4.68. The smallest absolute Gasteiger partial charge is 0.269 e. The molecule has 2 aromatic carbocycles. The number of ether oxygens (including phenoxy) is 1. The summed E-state index contributed by atoms with van der Waals surface area (Å²) in [7, 11) is 0. The van der Waals surface area contributed by atoms with Crippen molar-refractivity contribution in [3.8, 4) is 17.1 Å². The lowest BCUT2D eigenvalue weighted by molar-refractivity contribution is -0.384. The lowest BCUT2D eigenvalue weighted by atomic mass is 9.73. The number of nitrogens with one attached hydrogen (secondary N) is 1. The maximum absolute atomic E-state index is 13.3. The number of fused-ring (bicyclic) bond motifs is 1. The third-order valence-electron chi connectivity index (χ3n) is 6.18. The summed E-state index contributed by atoms with van der Waals surface area (Å²) in [5.74, 6) is 1.87. The number of ketones is 1. The number of anilines is 1. The van der Waals surface area contributed by atoms with Crippen molar-refractivity contribution >= 4 is 17.4 Å². The SMILES string of the molecule is CCOc1ccc(-c2nc3n(n2)C(c2ccc([N+](=O)[O-])cc2)C2=C(CC(C)(C)CC2=O)N3)cc1. The molecule has 174 valence electrons. The summed E-state index contributed by atoms with van der Waals surface area (Å²) in [6.45, 7) is 6.66. The molecule has 0 fully saturated rings. The quantitative estimate of drug-likeness (QED) is 0.426. The van der Waals surface area contributed by atoms with Crippen LogP contribution >= 0.6 is 0 Å². The summed E-state index contributed by atoms with van der Waals surface area (Å²) in [4.78, 5) is 28.8. The van der Waals surface area contributed by atoms with E-state index in [1.54, 1.807) is 16.8 Å². The van der Waals surface area contributed by atoms with E-state index in [9.17, 15) is 14.9 Å². The minimum atomic E-state index is -0.514. The second kappa shape index (κ2) is 8.09. The predicted octanol–water partition coefficient (Wildman–Crippen LogP) is 4.91. The fourth-order valence-electron chi connectivity index (χ4n) is 4.68. The number of benzene rings is 2. The number of aromatic nitrogens is 3. The Balaban J connectivity index is 1.61. The molecule has 2 heterocycles. The van der Waals surface area contributed by atoms with Gasteiger partial charge in [-0.1, -0.05) is 13.8 Å². The Labute approximate surface area is 196 Å². The monoisotopic (exact) mass is 459 g/mol. The molecule has 5 rings (SSSR count). The van der Waals surface area contributed by atoms with Gasteiger partial charge in [-0.25, -0.2) is 4.68 Å². The van der Waals surface area contributed by atoms with E-state index in [0.717, 1.165) is 22.6 Å². The molecule has 2 aliphatic rings. The van der Waals surface area contributed by atoms with Gasteiger partial charge in [0.15, 0.2) is 11.6 Å². The van der Waals surface area contributed by atoms with Crippen molar-refractivity contribution in [3.05, 3.63) is 75.5 Å². The molecular weight excluding hydrogens is 434 g/mol. The molecule has 9 nitrogen and oxygen atoms in total. The van der Waals surface area contributed by atoms with Crippen molar-refractivity contribution < 1.29 is 14.5 Å². The molecule has 1 aliphatic heterocycles. The predicted molar refractivity (Wildman–Crippen MR) is 127 cm³/mol. The first-order valence-electron chi connectivity index (χ1n) is 11.2. The van der Waals surface area contributed by atoms with E-state index in [4.69, 9.17) is 14.8 Å². The normalized spacial score (nSPS) is 18.7. The Bertz CT molecular complexity index is 1310. The molecule has 1 unspecified atom stereocenters. The molecule has 3 aromatic rings. The molecule has 0 amide bonds. The molecule has 1 N–H and O–H groups in total. The molecule has 1 aliphatic carbocycles. The first-order chi connectivity index (χ1) is 16.3. The highest BCUT2D eigenvalue weighted by molar-refractivity contribution is 6.00. The van der Waals surface area contributed by atoms with Gasteiger partial charge in [0.2, 0.25) is 5.95 Å². The Morgan fingerprint density at radius 2 is 1.85 bits per heavy atom. The van der Waals surface area contributed by atoms with Crippen LogP contribution < -0.4 is 10.1 Å². The van der Waals surface area contributed by atoms with Crippen molar-refractivity contribution in [1.29, 1.82) is 0 Å². The van der Waals surface area contributed by atoms with Crippen LogP contribution in [-0.2, 0) is 4.79 Å². The van der Waals surface area contributed by atoms with Gasteiger partial charge in [0.05, 0.1) is 11.5 Å². The maximum Gasteiger partial charge on any atom is 0.269 e. The zero-order chi connectivity index (χ0) is 24.0. The van der Waals surface area contributed by atoms with Crippen LogP contribution in [0.15, 0.2) is 59.8 Å². The number of carbonyl (C=O) groups excluding carboxylic acids is 1. The van der Waals surface area contributed by atoms with E-state index < -0.39 is 11.0 Å². The number of carbonyl (C=O) groups is 1. The van der Waals surface area contributed by atoms with E-state index in [0.29, 0.717) is 36.8 Å². The molecule has 0 radical (unpaired) electrons. The Hall–Kier alpha value is -4.01. The summed E-state index contributed by atoms with van der Waals surface area (Å²) in [6.07, 6.45) is 1.12. The maximum atomic E-state index is 13.3. The third kappa shape index (κ3) is 3.83. The Kier molecular flexibility index (Phi) is 5.19. The van der Waals surface area contributed by atoms with Crippen molar-refractivity contribution in [2.75, 3.05) is 11.9 Å². The average Bonchev–Trinajstić information content (AvgIpc) is 3.21. The van der Waals surface area contributed by atoms with Crippen LogP contribution in [0.25, 0.3) is 11.4 Å². The first-order valence-corrected chi connectivity index (χ1v) is 11.2. The van der Waals surface area contributed by atoms with Crippen LogP contribution in [0.4, 0.5) is 11.6 Å². The van der Waals surface area contributed by atoms with Gasteiger partial charge in [-0.3, -0.25) is 14.9 Å². The van der Waals surface area contributed by atoms with Crippen LogP contribution in [0.1, 0.15) is 45.2 Å². The number of nitrogens with zero attached hydrogens (tertiary/aromatic N) is 4. The number of nitro benzene ring substituents is 1. The van der Waals surface area contributed by atoms with Crippen molar-refractivity contribution in [1.82, 2.24) is 14.8 Å². The highest BCUT2D eigenvalue weighted by Crippen LogP contribution is 2.45. The molecule has 0 spiro atoms. The van der Waals surface area contributed by atoms with Crippen LogP contribution in [-0.4, -0.2) is 32.1 Å². The zero-order valence-electron chi connectivity index (χ0n) is 19.2. The van der Waals surface area contributed by atoms with Gasteiger partial charge in [0.1, 0.15) is 11.8 Å². The zero-order valence-corrected chi connectivity index (χ0v) is 19.2. The highest BCUT2D eigenvalue weighted by atomic mass is 16.6. The minimum absolute atomic E-state index is 0.00289. The van der Waals surface area contributed by atoms with Crippen molar-refractivity contribution in [3.63, 3.8) is 0 Å². The molecule has 0 saturated carbocycles. The summed E-state index contributed by atoms with van der Waals surface area (Å²) in [5, 5.41) is 19.3. The number of hydrogen-bond acceptors (Lipinski definition) is 7. The van der Waals surface area contributed by atoms with Crippen molar-refractivity contribution in [2.45, 2.75) is 39.7 Å². The summed E-state index contributed by atoms with van der Waals surface area (Å²) in [5.41, 5.74) is 2.86. The standard InChI is InChI=1S/C25H25N5O4/c1-4-34-18-11-7-16(8-12-18)23-27-24-26-19-13-25(2,3)14-20(31)21(19)22(29(24)28-23)15-5-9-17(10-6-15)30(32)33/h5-12,22H,4,13-14H2,1-3H3,(H,26,27,28). The molecule has 1 aromatic heterocycles. The van der Waals surface area contributed by atoms with E-state index in [1.165, 1.54) is 12.1 Å². The average molecular weight is 460 g/mol. The first kappa shape index (κ1) is 21.8. The second-order valence-corrected chi connectivity index (χ2v) is 9.37. The van der Waals surface area contributed by atoms with Gasteiger partial charge in [0, 0.05) is 35.4 Å². The van der Waals surface area contributed by atoms with Crippen LogP contribution in [0.2, 0.25) is 0 Å². The van der Waals surface area contributed by atoms with Crippen LogP contribution in [0.5, 0.6) is 5.75 Å². The van der Waals surface area contributed by atoms with Crippen LogP contribution in [0.3, 0.4) is 0 Å². The second-order valence-electron chi connectivity index (χ2n) is 9.37. The van der Waals surface area contributed by atoms with Gasteiger partial charge >= 0.3 is 0 Å². The number of allylic oxidation sites excluding steroid dienone is 2. The number of non-ortho nitro benzene ring substituents is 1. The lowest BCUT2D eigenvalue weighted by Gasteiger charge is -2.38. The van der Waals surface area contributed by atoms with Gasteiger partial charge < -0.3 is 10.1 Å². The molecule has 34 heavy (non-hydrogen) atoms. The molecule has 1 atom stereocenters. The third-order valence-corrected chi connectivity index (χ3v) is 6.18. The van der Waals surface area contributed by atoms with Crippen LogP contribution in [0, 0.1) is 15.5 Å². The highest BCUT2D eigenvalue weighted by Gasteiger charge is 2.42. The molecule has 0 saturated heterocycles. The van der Waals surface area contributed by atoms with Crippen molar-refractivity contribution in [2.24, 2.45) is 5.41 Å². The number of rotatable bonds is 5. The minimum Gasteiger partial charge on any atom is -0.494 e. The van der Waals surface area contributed by atoms with Gasteiger partial charge in [-0.15, -0.1) is 5.10 Å². The van der Waals surface area contributed by atoms with Gasteiger partial charge in [-0.05, 0) is 60.7 Å². The van der Waals surface area contributed by atoms with Gasteiger partial charge in [-0.2, -0.15) is 4.98 Å². The largest absolute Gasteiger partial charge is 0.494 e. The topological polar surface area (TPSA) is 112 Å². The Morgan fingerprint density at radius 3 is 2.50 bits per heavy atom. The van der Waals surface area contributed by atoms with E-state index >= 15 is 0 Å². The van der Waals surface area contributed by atoms with Gasteiger partial charge in [0.25, 0.3) is 5.69 Å². The lowest BCUT2D eigenvalue weighted by Crippen LogP contribution is -2.36. The van der Waals surface area contributed by atoms with E-state index in [-0.39, 0.29) is 16.9 Å². The molecular formula is C25H25N5O4. The number of Topliss-reactive ketones (excluding diaryl/α,β-unsaturated/α-hetero) is 1. The molecule has 9 heteroatoms. The molecule has 0 bridgehead atoms. The van der Waals surface area contributed by atoms with E-state index in [1.807, 2.05) is 31.2 Å². The summed E-state index contributed by atoms with van der Waals surface area (Å²) >= 11 is 0. The van der Waals surface area contributed by atoms with E-state index in [2.05, 4.69) is 19.2 Å². The summed E-state index contributed by atoms with van der Waals surface area (Å²) < 4.78 is 7.23. The number of hydrogen-bond donors (Lipinski definition) is 1. The Morgan fingerprint density at radius 1 is 1.15 bits per heavy atom.